The van der Waals surface area contributed by atoms with Gasteiger partial charge in [0.15, 0.2) is 11.6 Å². The van der Waals surface area contributed by atoms with E-state index >= 15 is 0 Å². The normalized spacial score (nSPS) is 20.2. The lowest BCUT2D eigenvalue weighted by atomic mass is 10.1. The minimum atomic E-state index is -0.675. The molecule has 0 amide bonds. The molecule has 1 aromatic rings. The summed E-state index contributed by atoms with van der Waals surface area (Å²) in [5.41, 5.74) is 5.01. The lowest BCUT2D eigenvalue weighted by Crippen LogP contribution is -2.26. The highest BCUT2D eigenvalue weighted by Gasteiger charge is 2.16. The van der Waals surface area contributed by atoms with Crippen LogP contribution in [0.15, 0.2) is 12.1 Å². The number of benzene rings is 1. The molecule has 17 heavy (non-hydrogen) atoms. The van der Waals surface area contributed by atoms with Crippen LogP contribution in [0.1, 0.15) is 19.3 Å². The van der Waals surface area contributed by atoms with Gasteiger partial charge in [0.2, 0.25) is 0 Å². The maximum atomic E-state index is 13.4. The monoisotopic (exact) mass is 243 g/mol. The summed E-state index contributed by atoms with van der Waals surface area (Å²) in [6.07, 6.45) is 2.97. The molecule has 1 atom stereocenters. The van der Waals surface area contributed by atoms with E-state index in [4.69, 9.17) is 15.2 Å². The summed E-state index contributed by atoms with van der Waals surface area (Å²) in [5, 5.41) is 0. The van der Waals surface area contributed by atoms with E-state index in [-0.39, 0.29) is 24.1 Å². The Balaban J connectivity index is 1.96. The molecule has 2 rings (SSSR count). The van der Waals surface area contributed by atoms with Gasteiger partial charge in [-0.15, -0.1) is 0 Å². The van der Waals surface area contributed by atoms with E-state index in [2.05, 4.69) is 0 Å². The second-order valence-corrected chi connectivity index (χ2v) is 4.10. The number of rotatable bonds is 3. The summed E-state index contributed by atoms with van der Waals surface area (Å²) in [6, 6.07) is 1.89. The van der Waals surface area contributed by atoms with Gasteiger partial charge in [-0.05, 0) is 19.3 Å². The van der Waals surface area contributed by atoms with Gasteiger partial charge in [0.05, 0.1) is 11.8 Å². The minimum absolute atomic E-state index is 0.0382. The van der Waals surface area contributed by atoms with Crippen LogP contribution in [0.2, 0.25) is 0 Å². The van der Waals surface area contributed by atoms with Gasteiger partial charge in [-0.3, -0.25) is 0 Å². The van der Waals surface area contributed by atoms with Crippen LogP contribution < -0.4 is 10.5 Å². The van der Waals surface area contributed by atoms with E-state index in [1.165, 1.54) is 0 Å². The van der Waals surface area contributed by atoms with Gasteiger partial charge < -0.3 is 15.2 Å². The Morgan fingerprint density at radius 3 is 2.82 bits per heavy atom. The fourth-order valence-electron chi connectivity index (χ4n) is 1.78. The van der Waals surface area contributed by atoms with Crippen molar-refractivity contribution in [3.05, 3.63) is 23.8 Å². The van der Waals surface area contributed by atoms with Crippen LogP contribution >= 0.6 is 0 Å². The summed E-state index contributed by atoms with van der Waals surface area (Å²) >= 11 is 0. The van der Waals surface area contributed by atoms with Crippen LogP contribution in [0, 0.1) is 11.6 Å². The van der Waals surface area contributed by atoms with Gasteiger partial charge in [0, 0.05) is 18.7 Å². The molecular weight excluding hydrogens is 228 g/mol. The number of halogens is 2. The van der Waals surface area contributed by atoms with E-state index < -0.39 is 11.6 Å². The number of hydrogen-bond donors (Lipinski definition) is 1. The Labute approximate surface area is 98.5 Å². The molecule has 0 aromatic heterocycles. The minimum Gasteiger partial charge on any atom is -0.488 e. The fourth-order valence-corrected chi connectivity index (χ4v) is 1.78. The largest absolute Gasteiger partial charge is 0.488 e. The molecule has 3 nitrogen and oxygen atoms in total. The highest BCUT2D eigenvalue weighted by Crippen LogP contribution is 2.24. The second-order valence-electron chi connectivity index (χ2n) is 4.10. The summed E-state index contributed by atoms with van der Waals surface area (Å²) in [4.78, 5) is 0. The van der Waals surface area contributed by atoms with Gasteiger partial charge in [-0.1, -0.05) is 0 Å². The third kappa shape index (κ3) is 3.06. The van der Waals surface area contributed by atoms with E-state index in [1.54, 1.807) is 0 Å². The zero-order valence-electron chi connectivity index (χ0n) is 9.42. The molecule has 0 aliphatic carbocycles. The number of anilines is 1. The SMILES string of the molecule is Nc1cc(F)c(OCC2CCCCO2)cc1F. The Hall–Kier alpha value is -1.36. The van der Waals surface area contributed by atoms with Crippen LogP contribution in [0.3, 0.4) is 0 Å². The standard InChI is InChI=1S/C12H15F2NO2/c13-9-6-12(10(14)5-11(9)15)17-7-8-3-1-2-4-16-8/h5-6,8H,1-4,7,15H2. The summed E-state index contributed by atoms with van der Waals surface area (Å²) in [7, 11) is 0. The van der Waals surface area contributed by atoms with Crippen LogP contribution in [-0.2, 0) is 4.74 Å². The lowest BCUT2D eigenvalue weighted by molar-refractivity contribution is -0.0118. The van der Waals surface area contributed by atoms with Gasteiger partial charge in [0.1, 0.15) is 12.4 Å². The quantitative estimate of drug-likeness (QED) is 0.829. The van der Waals surface area contributed by atoms with Gasteiger partial charge in [-0.2, -0.15) is 0 Å². The zero-order chi connectivity index (χ0) is 12.3. The first-order chi connectivity index (χ1) is 8.16. The third-order valence-corrected chi connectivity index (χ3v) is 2.75. The van der Waals surface area contributed by atoms with Crippen molar-refractivity contribution < 1.29 is 18.3 Å². The molecule has 1 unspecified atom stereocenters. The Kier molecular flexibility index (Phi) is 3.78. The molecule has 0 bridgehead atoms. The number of nitrogens with two attached hydrogens (primary N) is 1. The predicted molar refractivity (Wildman–Crippen MR) is 59.9 cm³/mol. The molecule has 0 saturated carbocycles. The topological polar surface area (TPSA) is 44.5 Å². The molecule has 1 aliphatic heterocycles. The average Bonchev–Trinajstić information content (AvgIpc) is 2.33. The molecule has 1 fully saturated rings. The molecule has 1 saturated heterocycles. The molecule has 2 N–H and O–H groups in total. The molecule has 94 valence electrons. The first-order valence-electron chi connectivity index (χ1n) is 5.66. The van der Waals surface area contributed by atoms with Crippen LogP contribution in [0.4, 0.5) is 14.5 Å². The first-order valence-corrected chi connectivity index (χ1v) is 5.66. The van der Waals surface area contributed by atoms with Gasteiger partial charge >= 0.3 is 0 Å². The highest BCUT2D eigenvalue weighted by atomic mass is 19.1. The van der Waals surface area contributed by atoms with E-state index in [0.717, 1.165) is 31.4 Å². The fraction of sp³-hybridized carbons (Fsp3) is 0.500. The molecule has 0 radical (unpaired) electrons. The van der Waals surface area contributed by atoms with Crippen molar-refractivity contribution in [2.45, 2.75) is 25.4 Å². The molecule has 5 heteroatoms. The predicted octanol–water partition coefficient (Wildman–Crippen LogP) is 2.49. The molecule has 1 aromatic carbocycles. The molecule has 0 spiro atoms. The van der Waals surface area contributed by atoms with E-state index in [9.17, 15) is 8.78 Å². The number of hydrogen-bond acceptors (Lipinski definition) is 3. The van der Waals surface area contributed by atoms with Gasteiger partial charge in [0.25, 0.3) is 0 Å². The maximum Gasteiger partial charge on any atom is 0.167 e. The van der Waals surface area contributed by atoms with E-state index in [0.29, 0.717) is 6.61 Å². The molecular formula is C12H15F2NO2. The van der Waals surface area contributed by atoms with Crippen molar-refractivity contribution in [2.24, 2.45) is 0 Å². The summed E-state index contributed by atoms with van der Waals surface area (Å²) in [6.45, 7) is 0.937. The third-order valence-electron chi connectivity index (χ3n) is 2.75. The number of nitrogen functional groups attached to an aromatic ring is 1. The average molecular weight is 243 g/mol. The van der Waals surface area contributed by atoms with Crippen LogP contribution in [-0.4, -0.2) is 19.3 Å². The van der Waals surface area contributed by atoms with Crippen molar-refractivity contribution in [3.63, 3.8) is 0 Å². The van der Waals surface area contributed by atoms with Gasteiger partial charge in [-0.25, -0.2) is 8.78 Å². The molecule has 1 heterocycles. The van der Waals surface area contributed by atoms with Crippen molar-refractivity contribution >= 4 is 5.69 Å². The van der Waals surface area contributed by atoms with Crippen molar-refractivity contribution in [2.75, 3.05) is 18.9 Å². The summed E-state index contributed by atoms with van der Waals surface area (Å²) < 4.78 is 37.1. The Morgan fingerprint density at radius 1 is 1.29 bits per heavy atom. The van der Waals surface area contributed by atoms with E-state index in [1.807, 2.05) is 0 Å². The van der Waals surface area contributed by atoms with Crippen molar-refractivity contribution in [3.8, 4) is 5.75 Å². The first kappa shape index (κ1) is 12.1. The lowest BCUT2D eigenvalue weighted by Gasteiger charge is -2.22. The van der Waals surface area contributed by atoms with Crippen LogP contribution in [0.5, 0.6) is 5.75 Å². The van der Waals surface area contributed by atoms with Crippen LogP contribution in [0.25, 0.3) is 0 Å². The second kappa shape index (κ2) is 5.31. The highest BCUT2D eigenvalue weighted by molar-refractivity contribution is 5.44. The zero-order valence-corrected chi connectivity index (χ0v) is 9.42. The Bertz CT molecular complexity index is 392. The smallest absolute Gasteiger partial charge is 0.167 e. The van der Waals surface area contributed by atoms with Crippen molar-refractivity contribution in [1.29, 1.82) is 0 Å². The number of ether oxygens (including phenoxy) is 2. The van der Waals surface area contributed by atoms with Crippen molar-refractivity contribution in [1.82, 2.24) is 0 Å². The summed E-state index contributed by atoms with van der Waals surface area (Å²) in [5.74, 6) is -1.45. The Morgan fingerprint density at radius 2 is 2.12 bits per heavy atom. The maximum absolute atomic E-state index is 13.4. The molecule has 1 aliphatic rings.